The summed E-state index contributed by atoms with van der Waals surface area (Å²) >= 11 is 5.84. The summed E-state index contributed by atoms with van der Waals surface area (Å²) in [5.41, 5.74) is 0.987. The van der Waals surface area contributed by atoms with E-state index in [0.29, 0.717) is 34.9 Å². The lowest BCUT2D eigenvalue weighted by Gasteiger charge is -2.14. The van der Waals surface area contributed by atoms with Gasteiger partial charge in [0.05, 0.1) is 5.71 Å². The quantitative estimate of drug-likeness (QED) is 0.300. The summed E-state index contributed by atoms with van der Waals surface area (Å²) in [5, 5.41) is 9.10. The average Bonchev–Trinajstić information content (AvgIpc) is 2.67. The zero-order valence-electron chi connectivity index (χ0n) is 15.5. The topological polar surface area (TPSA) is 96.8 Å². The van der Waals surface area contributed by atoms with Crippen LogP contribution in [0.4, 0.5) is 0 Å². The standard InChI is InChI=1S/C19H20ClN5O3/c1-3-21-18(27)13-25(2)24-17(5-4-10-26)14-11-22-19(23-12-14)28-16-8-6-15(20)7-9-16/h4-12H,3,13H2,1-2H3,(H,21,27)/b5-4-,24-17+. The van der Waals surface area contributed by atoms with Crippen LogP contribution >= 0.6 is 11.6 Å². The molecule has 0 aliphatic carbocycles. The van der Waals surface area contributed by atoms with Gasteiger partial charge in [-0.25, -0.2) is 9.97 Å². The highest BCUT2D eigenvalue weighted by Crippen LogP contribution is 2.20. The SMILES string of the molecule is CCNC(=O)CN(C)/N=C(\C=C/C=O)c1cnc(Oc2ccc(Cl)cc2)nc1. The zero-order valence-corrected chi connectivity index (χ0v) is 16.3. The van der Waals surface area contributed by atoms with Crippen molar-refractivity contribution < 1.29 is 14.3 Å². The number of halogens is 1. The molecule has 0 atom stereocenters. The van der Waals surface area contributed by atoms with Crippen LogP contribution in [0.25, 0.3) is 0 Å². The smallest absolute Gasteiger partial charge is 0.321 e. The second-order valence-electron chi connectivity index (χ2n) is 5.56. The number of carbonyl (C=O) groups is 2. The Hall–Kier alpha value is -3.26. The Balaban J connectivity index is 2.15. The van der Waals surface area contributed by atoms with Crippen LogP contribution in [0.1, 0.15) is 12.5 Å². The van der Waals surface area contributed by atoms with E-state index in [1.54, 1.807) is 31.3 Å². The van der Waals surface area contributed by atoms with Crippen LogP contribution in [0.15, 0.2) is 53.9 Å². The van der Waals surface area contributed by atoms with E-state index in [1.807, 2.05) is 6.92 Å². The first-order valence-electron chi connectivity index (χ1n) is 8.46. The minimum atomic E-state index is -0.157. The second-order valence-corrected chi connectivity index (χ2v) is 6.00. The van der Waals surface area contributed by atoms with Crippen molar-refractivity contribution >= 4 is 29.5 Å². The fourth-order valence-corrected chi connectivity index (χ4v) is 2.23. The fourth-order valence-electron chi connectivity index (χ4n) is 2.11. The van der Waals surface area contributed by atoms with E-state index in [2.05, 4.69) is 20.4 Å². The van der Waals surface area contributed by atoms with Gasteiger partial charge in [-0.3, -0.25) is 14.6 Å². The summed E-state index contributed by atoms with van der Waals surface area (Å²) < 4.78 is 5.55. The fraction of sp³-hybridized carbons (Fsp3) is 0.211. The molecule has 0 unspecified atom stereocenters. The number of carbonyl (C=O) groups excluding carboxylic acids is 2. The third-order valence-electron chi connectivity index (χ3n) is 3.30. The maximum absolute atomic E-state index is 11.7. The Morgan fingerprint density at radius 3 is 2.57 bits per heavy atom. The van der Waals surface area contributed by atoms with Gasteiger partial charge >= 0.3 is 6.01 Å². The molecule has 0 saturated heterocycles. The van der Waals surface area contributed by atoms with Gasteiger partial charge in [-0.15, -0.1) is 0 Å². The lowest BCUT2D eigenvalue weighted by molar-refractivity contribution is -0.121. The molecule has 0 saturated carbocycles. The van der Waals surface area contributed by atoms with Crippen LogP contribution < -0.4 is 10.1 Å². The first-order valence-corrected chi connectivity index (χ1v) is 8.83. The molecule has 0 aliphatic rings. The van der Waals surface area contributed by atoms with Crippen LogP contribution in [0, 0.1) is 0 Å². The van der Waals surface area contributed by atoms with Crippen LogP contribution in [0.5, 0.6) is 11.8 Å². The van der Waals surface area contributed by atoms with Crippen LogP contribution in [-0.4, -0.2) is 53.0 Å². The largest absolute Gasteiger partial charge is 0.424 e. The van der Waals surface area contributed by atoms with E-state index in [-0.39, 0.29) is 18.5 Å². The number of ether oxygens (including phenoxy) is 1. The summed E-state index contributed by atoms with van der Waals surface area (Å²) in [5.74, 6) is 0.393. The van der Waals surface area contributed by atoms with Crippen molar-refractivity contribution in [2.24, 2.45) is 5.10 Å². The molecule has 0 fully saturated rings. The molecule has 0 bridgehead atoms. The first kappa shape index (κ1) is 21.0. The van der Waals surface area contributed by atoms with Gasteiger partial charge in [0, 0.05) is 36.6 Å². The molecular formula is C19H20ClN5O3. The highest BCUT2D eigenvalue weighted by Gasteiger charge is 2.08. The number of likely N-dealkylation sites (N-methyl/N-ethyl adjacent to an activating group) is 2. The molecule has 1 N–H and O–H groups in total. The molecule has 1 heterocycles. The molecule has 0 radical (unpaired) electrons. The van der Waals surface area contributed by atoms with Crippen molar-refractivity contribution in [1.29, 1.82) is 0 Å². The average molecular weight is 402 g/mol. The van der Waals surface area contributed by atoms with E-state index in [0.717, 1.165) is 0 Å². The molecule has 1 amide bonds. The number of nitrogens with zero attached hydrogens (tertiary/aromatic N) is 4. The molecular weight excluding hydrogens is 382 g/mol. The van der Waals surface area contributed by atoms with E-state index in [1.165, 1.54) is 29.6 Å². The Morgan fingerprint density at radius 2 is 1.96 bits per heavy atom. The van der Waals surface area contributed by atoms with E-state index in [9.17, 15) is 9.59 Å². The maximum Gasteiger partial charge on any atom is 0.321 e. The Labute approximate surface area is 167 Å². The number of allylic oxidation sites excluding steroid dienone is 2. The number of aromatic nitrogens is 2. The first-order chi connectivity index (χ1) is 13.5. The number of benzene rings is 1. The highest BCUT2D eigenvalue weighted by molar-refractivity contribution is 6.30. The molecule has 8 nitrogen and oxygen atoms in total. The lowest BCUT2D eigenvalue weighted by atomic mass is 10.2. The van der Waals surface area contributed by atoms with Crippen molar-refractivity contribution in [2.75, 3.05) is 20.1 Å². The Bertz CT molecular complexity index is 851. The number of rotatable bonds is 9. The number of hydrogen-bond acceptors (Lipinski definition) is 7. The van der Waals surface area contributed by atoms with E-state index in [4.69, 9.17) is 16.3 Å². The number of hydrazone groups is 1. The van der Waals surface area contributed by atoms with Crippen molar-refractivity contribution in [3.8, 4) is 11.8 Å². The van der Waals surface area contributed by atoms with E-state index >= 15 is 0 Å². The van der Waals surface area contributed by atoms with Gasteiger partial charge in [0.1, 0.15) is 18.6 Å². The number of amides is 1. The third kappa shape index (κ3) is 6.81. The predicted octanol–water partition coefficient (Wildman–Crippen LogP) is 2.45. The minimum Gasteiger partial charge on any atom is -0.424 e. The summed E-state index contributed by atoms with van der Waals surface area (Å²) in [6.45, 7) is 2.45. The van der Waals surface area contributed by atoms with Gasteiger partial charge < -0.3 is 10.1 Å². The summed E-state index contributed by atoms with van der Waals surface area (Å²) in [6, 6.07) is 6.96. The summed E-state index contributed by atoms with van der Waals surface area (Å²) in [6.07, 6.45) is 6.49. The van der Waals surface area contributed by atoms with Gasteiger partial charge in [-0.05, 0) is 43.3 Å². The summed E-state index contributed by atoms with van der Waals surface area (Å²) in [4.78, 5) is 30.7. The molecule has 0 aliphatic heterocycles. The Morgan fingerprint density at radius 1 is 1.29 bits per heavy atom. The summed E-state index contributed by atoms with van der Waals surface area (Å²) in [7, 11) is 1.66. The van der Waals surface area contributed by atoms with E-state index < -0.39 is 0 Å². The van der Waals surface area contributed by atoms with Crippen molar-refractivity contribution in [3.63, 3.8) is 0 Å². The van der Waals surface area contributed by atoms with Crippen molar-refractivity contribution in [1.82, 2.24) is 20.3 Å². The number of hydrogen-bond donors (Lipinski definition) is 1. The monoisotopic (exact) mass is 401 g/mol. The predicted molar refractivity (Wildman–Crippen MR) is 107 cm³/mol. The minimum absolute atomic E-state index is 0.0743. The van der Waals surface area contributed by atoms with Gasteiger partial charge in [-0.2, -0.15) is 5.10 Å². The molecule has 2 rings (SSSR count). The third-order valence-corrected chi connectivity index (χ3v) is 3.56. The molecule has 146 valence electrons. The molecule has 28 heavy (non-hydrogen) atoms. The maximum atomic E-state index is 11.7. The van der Waals surface area contributed by atoms with Crippen LogP contribution in [-0.2, 0) is 9.59 Å². The zero-order chi connectivity index (χ0) is 20.4. The highest BCUT2D eigenvalue weighted by atomic mass is 35.5. The molecule has 1 aromatic carbocycles. The molecule has 1 aromatic heterocycles. The van der Waals surface area contributed by atoms with Gasteiger partial charge in [0.15, 0.2) is 0 Å². The van der Waals surface area contributed by atoms with Gasteiger partial charge in [0.2, 0.25) is 5.91 Å². The van der Waals surface area contributed by atoms with Crippen molar-refractivity contribution in [3.05, 3.63) is 59.4 Å². The normalized spacial score (nSPS) is 11.3. The lowest BCUT2D eigenvalue weighted by Crippen LogP contribution is -2.33. The van der Waals surface area contributed by atoms with Gasteiger partial charge in [-0.1, -0.05) is 11.6 Å². The Kier molecular flexibility index (Phi) is 8.11. The van der Waals surface area contributed by atoms with Gasteiger partial charge in [0.25, 0.3) is 0 Å². The second kappa shape index (κ2) is 10.8. The molecule has 9 heteroatoms. The van der Waals surface area contributed by atoms with Crippen LogP contribution in [0.2, 0.25) is 5.02 Å². The van der Waals surface area contributed by atoms with Crippen LogP contribution in [0.3, 0.4) is 0 Å². The molecule has 0 spiro atoms. The number of nitrogens with one attached hydrogen (secondary N) is 1. The molecule has 2 aromatic rings. The van der Waals surface area contributed by atoms with Crippen molar-refractivity contribution in [2.45, 2.75) is 6.92 Å². The number of aldehydes is 1.